The van der Waals surface area contributed by atoms with Gasteiger partial charge in [0, 0.05) is 25.2 Å². The van der Waals surface area contributed by atoms with Gasteiger partial charge in [0.05, 0.1) is 19.3 Å². The van der Waals surface area contributed by atoms with Crippen molar-refractivity contribution in [3.05, 3.63) is 0 Å². The second-order valence-electron chi connectivity index (χ2n) is 5.58. The lowest BCUT2D eigenvalue weighted by atomic mass is 9.98. The molecule has 0 bridgehead atoms. The molecule has 2 aliphatic rings. The van der Waals surface area contributed by atoms with Gasteiger partial charge in [-0.05, 0) is 39.5 Å². The molecule has 0 spiro atoms. The summed E-state index contributed by atoms with van der Waals surface area (Å²) in [5, 5.41) is 0. The van der Waals surface area contributed by atoms with Gasteiger partial charge < -0.3 is 9.47 Å². The first-order chi connectivity index (χ1) is 8.27. The first-order valence-electron chi connectivity index (χ1n) is 7.22. The van der Waals surface area contributed by atoms with Crippen molar-refractivity contribution in [2.75, 3.05) is 26.4 Å². The van der Waals surface area contributed by atoms with Gasteiger partial charge >= 0.3 is 0 Å². The first-order valence-corrected chi connectivity index (χ1v) is 7.22. The maximum atomic E-state index is 5.75. The molecule has 2 aliphatic heterocycles. The summed E-state index contributed by atoms with van der Waals surface area (Å²) in [4.78, 5) is 2.60. The molecule has 0 aliphatic carbocycles. The molecule has 0 amide bonds. The summed E-state index contributed by atoms with van der Waals surface area (Å²) in [6.07, 6.45) is 6.82. The Hall–Kier alpha value is -0.120. The van der Waals surface area contributed by atoms with Crippen molar-refractivity contribution in [3.8, 4) is 0 Å². The number of nitrogens with zero attached hydrogens (tertiary/aromatic N) is 1. The van der Waals surface area contributed by atoms with E-state index in [0.29, 0.717) is 6.10 Å². The van der Waals surface area contributed by atoms with E-state index in [4.69, 9.17) is 9.47 Å². The van der Waals surface area contributed by atoms with E-state index < -0.39 is 0 Å². The van der Waals surface area contributed by atoms with Crippen LogP contribution in [0.25, 0.3) is 0 Å². The van der Waals surface area contributed by atoms with Crippen LogP contribution in [0, 0.1) is 0 Å². The Kier molecular flexibility index (Phi) is 5.26. The van der Waals surface area contributed by atoms with Crippen LogP contribution >= 0.6 is 0 Å². The first kappa shape index (κ1) is 13.3. The molecular formula is C14H27NO2. The molecule has 2 heterocycles. The fourth-order valence-electron chi connectivity index (χ4n) is 3.08. The molecule has 0 N–H and O–H groups in total. The molecule has 3 atom stereocenters. The van der Waals surface area contributed by atoms with Gasteiger partial charge in [-0.2, -0.15) is 0 Å². The predicted molar refractivity (Wildman–Crippen MR) is 69.3 cm³/mol. The monoisotopic (exact) mass is 241 g/mol. The van der Waals surface area contributed by atoms with Gasteiger partial charge in [0.1, 0.15) is 0 Å². The summed E-state index contributed by atoms with van der Waals surface area (Å²) in [7, 11) is 0. The third-order valence-electron chi connectivity index (χ3n) is 4.20. The lowest BCUT2D eigenvalue weighted by molar-refractivity contribution is -0.00184. The molecule has 3 heteroatoms. The van der Waals surface area contributed by atoms with E-state index in [1.165, 1.54) is 32.1 Å². The van der Waals surface area contributed by atoms with E-state index in [1.54, 1.807) is 0 Å². The van der Waals surface area contributed by atoms with Gasteiger partial charge in [0.25, 0.3) is 0 Å². The normalized spacial score (nSPS) is 35.3. The molecule has 100 valence electrons. The molecule has 2 fully saturated rings. The smallest absolute Gasteiger partial charge is 0.0809 e. The van der Waals surface area contributed by atoms with Crippen molar-refractivity contribution in [3.63, 3.8) is 0 Å². The third-order valence-corrected chi connectivity index (χ3v) is 4.20. The van der Waals surface area contributed by atoms with E-state index in [1.807, 2.05) is 0 Å². The molecule has 17 heavy (non-hydrogen) atoms. The second-order valence-corrected chi connectivity index (χ2v) is 5.58. The van der Waals surface area contributed by atoms with Crippen molar-refractivity contribution in [2.24, 2.45) is 0 Å². The largest absolute Gasteiger partial charge is 0.377 e. The minimum Gasteiger partial charge on any atom is -0.377 e. The Bertz CT molecular complexity index is 206. The number of likely N-dealkylation sites (tertiary alicyclic amines) is 1. The molecule has 0 radical (unpaired) electrons. The Balaban J connectivity index is 1.59. The highest BCUT2D eigenvalue weighted by molar-refractivity contribution is 4.79. The molecule has 0 unspecified atom stereocenters. The van der Waals surface area contributed by atoms with E-state index in [2.05, 4.69) is 18.7 Å². The van der Waals surface area contributed by atoms with Crippen LogP contribution in [0.5, 0.6) is 0 Å². The molecule has 2 saturated heterocycles. The average molecular weight is 241 g/mol. The van der Waals surface area contributed by atoms with E-state index in [9.17, 15) is 0 Å². The number of rotatable bonds is 5. The number of piperidine rings is 1. The van der Waals surface area contributed by atoms with E-state index in [-0.39, 0.29) is 0 Å². The minimum absolute atomic E-state index is 0.367. The van der Waals surface area contributed by atoms with Crippen LogP contribution in [-0.4, -0.2) is 49.5 Å². The van der Waals surface area contributed by atoms with Crippen LogP contribution in [0.1, 0.15) is 46.0 Å². The van der Waals surface area contributed by atoms with Crippen LogP contribution in [0.15, 0.2) is 0 Å². The topological polar surface area (TPSA) is 21.7 Å². The van der Waals surface area contributed by atoms with E-state index >= 15 is 0 Å². The number of hydrogen-bond acceptors (Lipinski definition) is 3. The summed E-state index contributed by atoms with van der Waals surface area (Å²) in [6, 6.07) is 1.45. The lowest BCUT2D eigenvalue weighted by Crippen LogP contribution is -2.45. The van der Waals surface area contributed by atoms with Gasteiger partial charge in [0.2, 0.25) is 0 Å². The van der Waals surface area contributed by atoms with Crippen molar-refractivity contribution in [2.45, 2.75) is 64.1 Å². The fraction of sp³-hybridized carbons (Fsp3) is 1.00. The molecule has 0 aromatic heterocycles. The molecule has 0 aromatic rings. The average Bonchev–Trinajstić information content (AvgIpc) is 2.80. The quantitative estimate of drug-likeness (QED) is 0.690. The summed E-state index contributed by atoms with van der Waals surface area (Å²) >= 11 is 0. The summed E-state index contributed by atoms with van der Waals surface area (Å²) in [5.74, 6) is 0. The number of ether oxygens (including phenoxy) is 2. The standard InChI is InChI=1S/C14H27NO2/c1-12-5-3-6-13(2)15(12)8-10-16-11-14-7-4-9-17-14/h12-14H,3-11H2,1-2H3/t12-,13+,14-/m1/s1. The maximum absolute atomic E-state index is 5.75. The highest BCUT2D eigenvalue weighted by Crippen LogP contribution is 2.21. The molecule has 3 nitrogen and oxygen atoms in total. The molecule has 2 rings (SSSR count). The van der Waals surface area contributed by atoms with Crippen LogP contribution in [0.4, 0.5) is 0 Å². The van der Waals surface area contributed by atoms with Crippen LogP contribution in [-0.2, 0) is 9.47 Å². The molecule has 0 saturated carbocycles. The Morgan fingerprint density at radius 1 is 1.12 bits per heavy atom. The summed E-state index contributed by atoms with van der Waals surface area (Å²) < 4.78 is 11.3. The second kappa shape index (κ2) is 6.72. The molecular weight excluding hydrogens is 214 g/mol. The highest BCUT2D eigenvalue weighted by Gasteiger charge is 2.24. The van der Waals surface area contributed by atoms with Crippen molar-refractivity contribution in [1.29, 1.82) is 0 Å². The van der Waals surface area contributed by atoms with Crippen LogP contribution < -0.4 is 0 Å². The Labute approximate surface area is 105 Å². The number of hydrogen-bond donors (Lipinski definition) is 0. The zero-order chi connectivity index (χ0) is 12.1. The van der Waals surface area contributed by atoms with Crippen LogP contribution in [0.3, 0.4) is 0 Å². The Morgan fingerprint density at radius 3 is 2.53 bits per heavy atom. The van der Waals surface area contributed by atoms with Crippen molar-refractivity contribution >= 4 is 0 Å². The zero-order valence-corrected chi connectivity index (χ0v) is 11.4. The zero-order valence-electron chi connectivity index (χ0n) is 11.4. The maximum Gasteiger partial charge on any atom is 0.0809 e. The van der Waals surface area contributed by atoms with Gasteiger partial charge in [0.15, 0.2) is 0 Å². The van der Waals surface area contributed by atoms with Gasteiger partial charge in [-0.1, -0.05) is 6.42 Å². The highest BCUT2D eigenvalue weighted by atomic mass is 16.5. The molecule has 0 aromatic carbocycles. The van der Waals surface area contributed by atoms with Gasteiger partial charge in [-0.25, -0.2) is 0 Å². The summed E-state index contributed by atoms with van der Waals surface area (Å²) in [6.45, 7) is 8.33. The van der Waals surface area contributed by atoms with Gasteiger partial charge in [-0.15, -0.1) is 0 Å². The van der Waals surface area contributed by atoms with Crippen molar-refractivity contribution in [1.82, 2.24) is 4.90 Å². The lowest BCUT2D eigenvalue weighted by Gasteiger charge is -2.38. The van der Waals surface area contributed by atoms with Crippen molar-refractivity contribution < 1.29 is 9.47 Å². The third kappa shape index (κ3) is 3.94. The van der Waals surface area contributed by atoms with E-state index in [0.717, 1.165) is 38.4 Å². The van der Waals surface area contributed by atoms with Crippen LogP contribution in [0.2, 0.25) is 0 Å². The van der Waals surface area contributed by atoms with Gasteiger partial charge in [-0.3, -0.25) is 4.90 Å². The predicted octanol–water partition coefficient (Wildman–Crippen LogP) is 2.44. The SMILES string of the molecule is C[C@@H]1CCC[C@H](C)N1CCOC[C@H]1CCCO1. The fourth-order valence-corrected chi connectivity index (χ4v) is 3.08. The Morgan fingerprint density at radius 2 is 1.88 bits per heavy atom. The minimum atomic E-state index is 0.367. The summed E-state index contributed by atoms with van der Waals surface area (Å²) in [5.41, 5.74) is 0.